The third kappa shape index (κ3) is 5.04. The lowest BCUT2D eigenvalue weighted by Gasteiger charge is -2.18. The Kier molecular flexibility index (Phi) is 5.75. The van der Waals surface area contributed by atoms with E-state index in [2.05, 4.69) is 15.0 Å². The van der Waals surface area contributed by atoms with E-state index in [9.17, 15) is 18.0 Å². The molecule has 0 fully saturated rings. The molecule has 112 valence electrons. The number of carbonyl (C=O) groups is 1. The average Bonchev–Trinajstić information content (AvgIpc) is 2.41. The van der Waals surface area contributed by atoms with Gasteiger partial charge < -0.3 is 15.0 Å². The molecule has 1 aromatic rings. The molecule has 0 unspecified atom stereocenters. The van der Waals surface area contributed by atoms with E-state index in [1.807, 2.05) is 0 Å². The van der Waals surface area contributed by atoms with Gasteiger partial charge in [0.05, 0.1) is 0 Å². The van der Waals surface area contributed by atoms with E-state index in [-0.39, 0.29) is 11.4 Å². The fourth-order valence-corrected chi connectivity index (χ4v) is 1.41. The number of nitrogens with one attached hydrogen (secondary N) is 1. The van der Waals surface area contributed by atoms with Gasteiger partial charge in [0, 0.05) is 26.3 Å². The van der Waals surface area contributed by atoms with Crippen molar-refractivity contribution in [2.24, 2.45) is 0 Å². The number of nitrogens with zero attached hydrogens (tertiary/aromatic N) is 2. The number of likely N-dealkylation sites (N-methyl/N-ethyl adjacent to an activating group) is 2. The first-order valence-electron chi connectivity index (χ1n) is 5.90. The molecule has 1 rings (SSSR count). The molecule has 5 nitrogen and oxygen atoms in total. The molecule has 0 aromatic carbocycles. The van der Waals surface area contributed by atoms with Crippen LogP contribution in [0, 0.1) is 0 Å². The Bertz CT molecular complexity index is 452. The predicted octanol–water partition coefficient (Wildman–Crippen LogP) is 1.31. The Morgan fingerprint density at radius 1 is 1.50 bits per heavy atom. The summed E-state index contributed by atoms with van der Waals surface area (Å²) in [6.45, 7) is -0.491. The van der Waals surface area contributed by atoms with Crippen molar-refractivity contribution in [3.8, 4) is 5.88 Å². The van der Waals surface area contributed by atoms with Gasteiger partial charge in [0.2, 0.25) is 5.88 Å². The van der Waals surface area contributed by atoms with Crippen LogP contribution in [0.1, 0.15) is 10.4 Å². The number of carbonyl (C=O) groups excluding carboxylic acids is 1. The van der Waals surface area contributed by atoms with E-state index in [1.165, 1.54) is 23.2 Å². The molecule has 1 amide bonds. The molecule has 0 aliphatic heterocycles. The fourth-order valence-electron chi connectivity index (χ4n) is 1.41. The SMILES string of the molecule is CNCCN(C)C(=O)c1cccnc1OCC(F)(F)F. The first-order valence-corrected chi connectivity index (χ1v) is 5.90. The largest absolute Gasteiger partial charge is 0.467 e. The average molecular weight is 291 g/mol. The molecule has 0 saturated heterocycles. The van der Waals surface area contributed by atoms with E-state index in [0.29, 0.717) is 13.1 Å². The van der Waals surface area contributed by atoms with Crippen LogP contribution < -0.4 is 10.1 Å². The summed E-state index contributed by atoms with van der Waals surface area (Å²) in [4.78, 5) is 17.2. The van der Waals surface area contributed by atoms with Crippen LogP contribution in [0.2, 0.25) is 0 Å². The zero-order valence-electron chi connectivity index (χ0n) is 11.2. The number of alkyl halides is 3. The first kappa shape index (κ1) is 16.2. The topological polar surface area (TPSA) is 54.5 Å². The highest BCUT2D eigenvalue weighted by atomic mass is 19.4. The van der Waals surface area contributed by atoms with Crippen LogP contribution >= 0.6 is 0 Å². The van der Waals surface area contributed by atoms with Gasteiger partial charge in [0.25, 0.3) is 5.91 Å². The van der Waals surface area contributed by atoms with Crippen molar-refractivity contribution in [3.63, 3.8) is 0 Å². The number of hydrogen-bond acceptors (Lipinski definition) is 4. The van der Waals surface area contributed by atoms with Crippen LogP contribution in [-0.4, -0.2) is 55.8 Å². The Morgan fingerprint density at radius 2 is 2.20 bits per heavy atom. The van der Waals surface area contributed by atoms with Crippen molar-refractivity contribution >= 4 is 5.91 Å². The highest BCUT2D eigenvalue weighted by Crippen LogP contribution is 2.20. The summed E-state index contributed by atoms with van der Waals surface area (Å²) in [5.41, 5.74) is 0.00959. The highest BCUT2D eigenvalue weighted by Gasteiger charge is 2.29. The zero-order valence-corrected chi connectivity index (χ0v) is 11.2. The van der Waals surface area contributed by atoms with E-state index in [0.717, 1.165) is 0 Å². The van der Waals surface area contributed by atoms with Gasteiger partial charge in [-0.05, 0) is 19.2 Å². The Morgan fingerprint density at radius 3 is 2.80 bits per heavy atom. The van der Waals surface area contributed by atoms with Crippen LogP contribution in [-0.2, 0) is 0 Å². The Balaban J connectivity index is 2.81. The minimum absolute atomic E-state index is 0.00959. The van der Waals surface area contributed by atoms with Gasteiger partial charge >= 0.3 is 6.18 Å². The van der Waals surface area contributed by atoms with Gasteiger partial charge in [-0.15, -0.1) is 0 Å². The van der Waals surface area contributed by atoms with Gasteiger partial charge in [-0.3, -0.25) is 4.79 Å². The molecule has 0 aliphatic carbocycles. The monoisotopic (exact) mass is 291 g/mol. The van der Waals surface area contributed by atoms with Gasteiger partial charge in [0.15, 0.2) is 6.61 Å². The molecule has 8 heteroatoms. The smallest absolute Gasteiger partial charge is 0.422 e. The Labute approximate surface area is 114 Å². The molecule has 1 N–H and O–H groups in total. The molecule has 1 heterocycles. The summed E-state index contributed by atoms with van der Waals surface area (Å²) in [5, 5.41) is 2.88. The number of rotatable bonds is 6. The quantitative estimate of drug-likeness (QED) is 0.858. The molecule has 0 bridgehead atoms. The molecule has 0 saturated carbocycles. The van der Waals surface area contributed by atoms with Crippen LogP contribution in [0.5, 0.6) is 5.88 Å². The van der Waals surface area contributed by atoms with Crippen LogP contribution in [0.15, 0.2) is 18.3 Å². The lowest BCUT2D eigenvalue weighted by atomic mass is 10.2. The maximum Gasteiger partial charge on any atom is 0.422 e. The molecule has 0 radical (unpaired) electrons. The van der Waals surface area contributed by atoms with Gasteiger partial charge in [-0.2, -0.15) is 13.2 Å². The summed E-state index contributed by atoms with van der Waals surface area (Å²) in [6, 6.07) is 2.86. The van der Waals surface area contributed by atoms with Crippen LogP contribution in [0.4, 0.5) is 13.2 Å². The van der Waals surface area contributed by atoms with Crippen LogP contribution in [0.25, 0.3) is 0 Å². The summed E-state index contributed by atoms with van der Waals surface area (Å²) < 4.78 is 41.0. The minimum atomic E-state index is -4.48. The maximum absolute atomic E-state index is 12.1. The second kappa shape index (κ2) is 7.09. The van der Waals surface area contributed by atoms with Crippen molar-refractivity contribution in [1.82, 2.24) is 15.2 Å². The molecule has 0 aliphatic rings. The van der Waals surface area contributed by atoms with Crippen molar-refractivity contribution < 1.29 is 22.7 Å². The zero-order chi connectivity index (χ0) is 15.2. The summed E-state index contributed by atoms with van der Waals surface area (Å²) in [6.07, 6.45) is -3.20. The number of aromatic nitrogens is 1. The van der Waals surface area contributed by atoms with E-state index in [4.69, 9.17) is 0 Å². The van der Waals surface area contributed by atoms with Crippen molar-refractivity contribution in [3.05, 3.63) is 23.9 Å². The second-order valence-electron chi connectivity index (χ2n) is 4.09. The minimum Gasteiger partial charge on any atom is -0.467 e. The van der Waals surface area contributed by atoms with E-state index >= 15 is 0 Å². The predicted molar refractivity (Wildman–Crippen MR) is 66.7 cm³/mol. The van der Waals surface area contributed by atoms with E-state index < -0.39 is 18.7 Å². The number of hydrogen-bond donors (Lipinski definition) is 1. The van der Waals surface area contributed by atoms with Crippen LogP contribution in [0.3, 0.4) is 0 Å². The second-order valence-corrected chi connectivity index (χ2v) is 4.09. The number of halogens is 3. The normalized spacial score (nSPS) is 11.2. The molecular weight excluding hydrogens is 275 g/mol. The van der Waals surface area contributed by atoms with E-state index in [1.54, 1.807) is 14.1 Å². The van der Waals surface area contributed by atoms with Gasteiger partial charge in [-0.1, -0.05) is 0 Å². The molecule has 0 atom stereocenters. The lowest BCUT2D eigenvalue weighted by Crippen LogP contribution is -2.33. The van der Waals surface area contributed by atoms with Crippen molar-refractivity contribution in [1.29, 1.82) is 0 Å². The molecule has 1 aromatic heterocycles. The fraction of sp³-hybridized carbons (Fsp3) is 0.500. The Hall–Kier alpha value is -1.83. The number of ether oxygens (including phenoxy) is 1. The summed E-state index contributed by atoms with van der Waals surface area (Å²) >= 11 is 0. The first-order chi connectivity index (χ1) is 9.35. The number of amides is 1. The maximum atomic E-state index is 12.1. The lowest BCUT2D eigenvalue weighted by molar-refractivity contribution is -0.154. The van der Waals surface area contributed by atoms with Gasteiger partial charge in [-0.25, -0.2) is 4.98 Å². The van der Waals surface area contributed by atoms with Crippen molar-refractivity contribution in [2.45, 2.75) is 6.18 Å². The summed E-state index contributed by atoms with van der Waals surface area (Å²) in [5.74, 6) is -0.753. The molecular formula is C12H16F3N3O2. The standard InChI is InChI=1S/C12H16F3N3O2/c1-16-6-7-18(2)11(19)9-4-3-5-17-10(9)20-8-12(13,14)15/h3-5,16H,6-8H2,1-2H3. The third-order valence-corrected chi connectivity index (χ3v) is 2.42. The molecule has 0 spiro atoms. The molecule has 20 heavy (non-hydrogen) atoms. The number of pyridine rings is 1. The van der Waals surface area contributed by atoms with Crippen molar-refractivity contribution in [2.75, 3.05) is 33.8 Å². The highest BCUT2D eigenvalue weighted by molar-refractivity contribution is 5.96. The third-order valence-electron chi connectivity index (χ3n) is 2.42. The van der Waals surface area contributed by atoms with Gasteiger partial charge in [0.1, 0.15) is 5.56 Å². The summed E-state index contributed by atoms with van der Waals surface area (Å²) in [7, 11) is 3.29.